The van der Waals surface area contributed by atoms with E-state index in [2.05, 4.69) is 26.9 Å². The van der Waals surface area contributed by atoms with Crippen LogP contribution in [-0.4, -0.2) is 44.2 Å². The molecule has 1 fully saturated rings. The number of alkyl halides is 2. The van der Waals surface area contributed by atoms with Crippen molar-refractivity contribution in [3.63, 3.8) is 0 Å². The van der Waals surface area contributed by atoms with E-state index in [1.54, 1.807) is 12.1 Å². The Hall–Kier alpha value is -1.32. The van der Waals surface area contributed by atoms with Crippen molar-refractivity contribution in [2.75, 3.05) is 26.7 Å². The second-order valence-corrected chi connectivity index (χ2v) is 6.20. The van der Waals surface area contributed by atoms with Crippen molar-refractivity contribution in [1.82, 2.24) is 10.2 Å². The molecule has 1 N–H and O–H groups in total. The number of rotatable bonds is 6. The number of likely N-dealkylation sites (tertiary alicyclic amines) is 1. The van der Waals surface area contributed by atoms with Crippen LogP contribution in [0.5, 0.6) is 11.5 Å². The zero-order chi connectivity index (χ0) is 18.2. The summed E-state index contributed by atoms with van der Waals surface area (Å²) in [5, 5.41) is 3.31. The van der Waals surface area contributed by atoms with Crippen LogP contribution in [0.15, 0.2) is 23.2 Å². The summed E-state index contributed by atoms with van der Waals surface area (Å²) in [5.41, 5.74) is 0.789. The molecular weight excluding hydrogens is 455 g/mol. The smallest absolute Gasteiger partial charge is 0.387 e. The van der Waals surface area contributed by atoms with Crippen molar-refractivity contribution in [2.45, 2.75) is 39.8 Å². The van der Waals surface area contributed by atoms with Gasteiger partial charge in [-0.2, -0.15) is 8.78 Å². The Bertz CT molecular complexity index is 580. The molecule has 2 rings (SSSR count). The Balaban J connectivity index is 0.00000338. The average Bonchev–Trinajstić information content (AvgIpc) is 2.59. The van der Waals surface area contributed by atoms with Crippen LogP contribution in [-0.2, 0) is 6.54 Å². The van der Waals surface area contributed by atoms with Crippen LogP contribution in [0.1, 0.15) is 32.3 Å². The lowest BCUT2D eigenvalue weighted by Crippen LogP contribution is -2.45. The summed E-state index contributed by atoms with van der Waals surface area (Å²) >= 11 is 0. The number of hydrogen-bond acceptors (Lipinski definition) is 3. The highest BCUT2D eigenvalue weighted by Crippen LogP contribution is 2.29. The van der Waals surface area contributed by atoms with Gasteiger partial charge in [0.25, 0.3) is 0 Å². The quantitative estimate of drug-likeness (QED) is 0.376. The van der Waals surface area contributed by atoms with Crippen molar-refractivity contribution >= 4 is 29.9 Å². The van der Waals surface area contributed by atoms with Crippen molar-refractivity contribution in [1.29, 1.82) is 0 Å². The Morgan fingerprint density at radius 1 is 1.31 bits per heavy atom. The van der Waals surface area contributed by atoms with Crippen LogP contribution < -0.4 is 14.8 Å². The van der Waals surface area contributed by atoms with Gasteiger partial charge in [0.05, 0.1) is 13.7 Å². The first-order chi connectivity index (χ1) is 12.0. The first kappa shape index (κ1) is 22.7. The first-order valence-corrected chi connectivity index (χ1v) is 8.68. The molecule has 1 aliphatic rings. The molecule has 8 heteroatoms. The fraction of sp³-hybridized carbons (Fsp3) is 0.611. The molecule has 0 aromatic heterocycles. The molecule has 0 amide bonds. The van der Waals surface area contributed by atoms with Crippen LogP contribution in [0.25, 0.3) is 0 Å². The van der Waals surface area contributed by atoms with Gasteiger partial charge in [0.2, 0.25) is 0 Å². The van der Waals surface area contributed by atoms with E-state index in [9.17, 15) is 8.78 Å². The summed E-state index contributed by atoms with van der Waals surface area (Å²) in [4.78, 5) is 6.91. The molecule has 1 heterocycles. The van der Waals surface area contributed by atoms with Gasteiger partial charge in [-0.3, -0.25) is 0 Å². The molecule has 0 bridgehead atoms. The van der Waals surface area contributed by atoms with Gasteiger partial charge in [0, 0.05) is 19.6 Å². The number of benzene rings is 1. The van der Waals surface area contributed by atoms with Crippen LogP contribution in [0.4, 0.5) is 8.78 Å². The molecule has 26 heavy (non-hydrogen) atoms. The van der Waals surface area contributed by atoms with Crippen molar-refractivity contribution in [3.8, 4) is 11.5 Å². The molecule has 0 aliphatic carbocycles. The van der Waals surface area contributed by atoms with Crippen molar-refractivity contribution in [3.05, 3.63) is 23.8 Å². The molecule has 0 radical (unpaired) electrons. The molecule has 0 unspecified atom stereocenters. The minimum absolute atomic E-state index is 0. The highest BCUT2D eigenvalue weighted by molar-refractivity contribution is 14.0. The molecule has 1 aromatic carbocycles. The minimum Gasteiger partial charge on any atom is -0.493 e. The van der Waals surface area contributed by atoms with Gasteiger partial charge >= 0.3 is 6.61 Å². The van der Waals surface area contributed by atoms with E-state index in [1.807, 2.05) is 13.0 Å². The second-order valence-electron chi connectivity index (χ2n) is 6.20. The molecule has 1 aliphatic heterocycles. The minimum atomic E-state index is -2.89. The van der Waals surface area contributed by atoms with Gasteiger partial charge in [-0.05, 0) is 43.4 Å². The zero-order valence-corrected chi connectivity index (χ0v) is 17.8. The number of methoxy groups -OCH3 is 1. The number of halogens is 3. The van der Waals surface area contributed by atoms with Crippen LogP contribution in [0.2, 0.25) is 0 Å². The fourth-order valence-corrected chi connectivity index (χ4v) is 2.82. The van der Waals surface area contributed by atoms with E-state index in [4.69, 9.17) is 4.74 Å². The van der Waals surface area contributed by atoms with Crippen LogP contribution >= 0.6 is 24.0 Å². The predicted molar refractivity (Wildman–Crippen MR) is 110 cm³/mol. The van der Waals surface area contributed by atoms with Gasteiger partial charge in [-0.25, -0.2) is 4.99 Å². The maximum atomic E-state index is 12.5. The predicted octanol–water partition coefficient (Wildman–Crippen LogP) is 4.11. The summed E-state index contributed by atoms with van der Waals surface area (Å²) < 4.78 is 34.7. The van der Waals surface area contributed by atoms with Crippen molar-refractivity contribution in [2.24, 2.45) is 10.9 Å². The van der Waals surface area contributed by atoms with E-state index in [0.29, 0.717) is 6.54 Å². The van der Waals surface area contributed by atoms with Crippen LogP contribution in [0, 0.1) is 5.92 Å². The number of aliphatic imine (C=N–C) groups is 1. The number of hydrogen-bond donors (Lipinski definition) is 1. The van der Waals surface area contributed by atoms with E-state index >= 15 is 0 Å². The van der Waals surface area contributed by atoms with Gasteiger partial charge < -0.3 is 19.7 Å². The Morgan fingerprint density at radius 3 is 2.58 bits per heavy atom. The van der Waals surface area contributed by atoms with Gasteiger partial charge in [0.15, 0.2) is 17.5 Å². The Labute approximate surface area is 171 Å². The van der Waals surface area contributed by atoms with Gasteiger partial charge in [-0.1, -0.05) is 13.0 Å². The summed E-state index contributed by atoms with van der Waals surface area (Å²) in [7, 11) is 1.42. The second kappa shape index (κ2) is 11.4. The highest BCUT2D eigenvalue weighted by Gasteiger charge is 2.18. The zero-order valence-electron chi connectivity index (χ0n) is 15.5. The number of nitrogens with one attached hydrogen (secondary N) is 1. The molecule has 5 nitrogen and oxygen atoms in total. The lowest BCUT2D eigenvalue weighted by molar-refractivity contribution is -0.0512. The molecule has 1 saturated heterocycles. The average molecular weight is 483 g/mol. The maximum absolute atomic E-state index is 12.5. The highest BCUT2D eigenvalue weighted by atomic mass is 127. The molecule has 0 atom stereocenters. The third-order valence-electron chi connectivity index (χ3n) is 4.27. The van der Waals surface area contributed by atoms with E-state index in [-0.39, 0.29) is 35.5 Å². The van der Waals surface area contributed by atoms with Crippen molar-refractivity contribution < 1.29 is 18.3 Å². The van der Waals surface area contributed by atoms with E-state index in [0.717, 1.165) is 49.9 Å². The molecule has 1 aromatic rings. The summed E-state index contributed by atoms with van der Waals surface area (Å²) in [5.74, 6) is 1.92. The summed E-state index contributed by atoms with van der Waals surface area (Å²) in [6.45, 7) is 4.55. The normalized spacial score (nSPS) is 15.6. The number of ether oxygens (including phenoxy) is 2. The van der Waals surface area contributed by atoms with E-state index in [1.165, 1.54) is 7.11 Å². The largest absolute Gasteiger partial charge is 0.493 e. The van der Waals surface area contributed by atoms with Gasteiger partial charge in [-0.15, -0.1) is 24.0 Å². The topological polar surface area (TPSA) is 46.1 Å². The molecule has 0 spiro atoms. The number of guanidine groups is 1. The third-order valence-corrected chi connectivity index (χ3v) is 4.27. The summed E-state index contributed by atoms with van der Waals surface area (Å²) in [6.07, 6.45) is 2.30. The van der Waals surface area contributed by atoms with Crippen LogP contribution in [0.3, 0.4) is 0 Å². The standard InChI is InChI=1S/C18H27F2N3O2.HI/c1-4-21-18(23-9-7-13(2)8-10-23)22-12-14-5-6-15(24-3)16(11-14)25-17(19)20;/h5-6,11,13,17H,4,7-10,12H2,1-3H3,(H,21,22);1H. The lowest BCUT2D eigenvalue weighted by atomic mass is 10.00. The SMILES string of the molecule is CCNC(=NCc1ccc(OC)c(OC(F)F)c1)N1CCC(C)CC1.I. The number of nitrogens with zero attached hydrogens (tertiary/aromatic N) is 2. The Kier molecular flexibility index (Phi) is 9.97. The first-order valence-electron chi connectivity index (χ1n) is 8.68. The maximum Gasteiger partial charge on any atom is 0.387 e. The van der Waals surface area contributed by atoms with E-state index < -0.39 is 6.61 Å². The lowest BCUT2D eigenvalue weighted by Gasteiger charge is -2.33. The number of piperidine rings is 1. The molecule has 148 valence electrons. The van der Waals surface area contributed by atoms with Gasteiger partial charge in [0.1, 0.15) is 0 Å². The fourth-order valence-electron chi connectivity index (χ4n) is 2.82. The molecule has 0 saturated carbocycles. The molecular formula is C18H28F2IN3O2. The monoisotopic (exact) mass is 483 g/mol. The third kappa shape index (κ3) is 6.77. The Morgan fingerprint density at radius 2 is 2.00 bits per heavy atom. The summed E-state index contributed by atoms with van der Waals surface area (Å²) in [6, 6.07) is 4.98.